The van der Waals surface area contributed by atoms with Gasteiger partial charge in [-0.2, -0.15) is 0 Å². The third-order valence-corrected chi connectivity index (χ3v) is 4.26. The summed E-state index contributed by atoms with van der Waals surface area (Å²) in [6, 6.07) is 7.48. The van der Waals surface area contributed by atoms with Gasteiger partial charge in [-0.25, -0.2) is 0 Å². The minimum absolute atomic E-state index is 0.162. The van der Waals surface area contributed by atoms with E-state index in [1.165, 1.54) is 32.4 Å². The Labute approximate surface area is 126 Å². The van der Waals surface area contributed by atoms with E-state index >= 15 is 0 Å². The van der Waals surface area contributed by atoms with Crippen LogP contribution in [0.5, 0.6) is 0 Å². The number of rotatable bonds is 6. The number of non-ortho nitro benzene ring substituents is 1. The largest absolute Gasteiger partial charge is 0.314 e. The maximum atomic E-state index is 10.6. The summed E-state index contributed by atoms with van der Waals surface area (Å²) in [6.45, 7) is 6.72. The highest BCUT2D eigenvalue weighted by molar-refractivity contribution is 5.32. The number of benzene rings is 1. The number of likely N-dealkylation sites (tertiary alicyclic amines) is 1. The highest BCUT2D eigenvalue weighted by Gasteiger charge is 2.15. The van der Waals surface area contributed by atoms with E-state index in [0.29, 0.717) is 6.04 Å². The molecule has 0 aromatic heterocycles. The van der Waals surface area contributed by atoms with Crippen LogP contribution in [0.4, 0.5) is 5.69 Å². The molecule has 1 heterocycles. The Morgan fingerprint density at radius 1 is 1.29 bits per heavy atom. The van der Waals surface area contributed by atoms with Crippen molar-refractivity contribution >= 4 is 5.69 Å². The van der Waals surface area contributed by atoms with Crippen molar-refractivity contribution in [3.8, 4) is 0 Å². The minimum atomic E-state index is -0.354. The smallest absolute Gasteiger partial charge is 0.269 e. The minimum Gasteiger partial charge on any atom is -0.314 e. The van der Waals surface area contributed by atoms with Crippen LogP contribution in [0.1, 0.15) is 31.7 Å². The molecule has 0 saturated carbocycles. The number of nitrogens with one attached hydrogen (secondary N) is 1. The lowest BCUT2D eigenvalue weighted by molar-refractivity contribution is -0.384. The number of nitro groups is 1. The van der Waals surface area contributed by atoms with Gasteiger partial charge < -0.3 is 10.2 Å². The Kier molecular flexibility index (Phi) is 6.14. The molecule has 5 heteroatoms. The molecule has 5 nitrogen and oxygen atoms in total. The monoisotopic (exact) mass is 291 g/mol. The van der Waals surface area contributed by atoms with Gasteiger partial charge in [-0.15, -0.1) is 0 Å². The van der Waals surface area contributed by atoms with Crippen LogP contribution in [0, 0.1) is 10.1 Å². The average Bonchev–Trinajstić information content (AvgIpc) is 2.73. The molecule has 0 bridgehead atoms. The average molecular weight is 291 g/mol. The molecule has 1 unspecified atom stereocenters. The zero-order valence-electron chi connectivity index (χ0n) is 12.8. The van der Waals surface area contributed by atoms with Crippen molar-refractivity contribution in [2.75, 3.05) is 26.2 Å². The van der Waals surface area contributed by atoms with Crippen molar-refractivity contribution < 1.29 is 4.92 Å². The van der Waals surface area contributed by atoms with Crippen molar-refractivity contribution in [3.05, 3.63) is 39.9 Å². The maximum Gasteiger partial charge on any atom is 0.269 e. The van der Waals surface area contributed by atoms with Gasteiger partial charge in [0.05, 0.1) is 4.92 Å². The van der Waals surface area contributed by atoms with E-state index in [9.17, 15) is 10.1 Å². The molecule has 0 spiro atoms. The van der Waals surface area contributed by atoms with Crippen molar-refractivity contribution in [2.24, 2.45) is 0 Å². The van der Waals surface area contributed by atoms with Gasteiger partial charge in [0.15, 0.2) is 0 Å². The number of hydrogen-bond acceptors (Lipinski definition) is 4. The van der Waals surface area contributed by atoms with E-state index in [2.05, 4.69) is 17.1 Å². The molecule has 1 aromatic carbocycles. The summed E-state index contributed by atoms with van der Waals surface area (Å²) in [5.74, 6) is 0. The fourth-order valence-electron chi connectivity index (χ4n) is 2.88. The molecule has 1 aromatic rings. The third-order valence-electron chi connectivity index (χ3n) is 4.26. The van der Waals surface area contributed by atoms with E-state index in [1.807, 2.05) is 12.1 Å². The number of hydrogen-bond donors (Lipinski definition) is 1. The molecular formula is C16H25N3O2. The molecule has 1 aliphatic rings. The first-order chi connectivity index (χ1) is 10.2. The van der Waals surface area contributed by atoms with E-state index in [4.69, 9.17) is 0 Å². The Balaban J connectivity index is 1.72. The fraction of sp³-hybridized carbons (Fsp3) is 0.625. The van der Waals surface area contributed by atoms with Crippen LogP contribution in [0.3, 0.4) is 0 Å². The molecule has 21 heavy (non-hydrogen) atoms. The summed E-state index contributed by atoms with van der Waals surface area (Å²) in [4.78, 5) is 12.8. The van der Waals surface area contributed by atoms with Crippen LogP contribution in [0.2, 0.25) is 0 Å². The van der Waals surface area contributed by atoms with E-state index in [0.717, 1.165) is 25.1 Å². The predicted molar refractivity (Wildman–Crippen MR) is 84.6 cm³/mol. The Hall–Kier alpha value is -1.46. The second-order valence-electron chi connectivity index (χ2n) is 5.69. The lowest BCUT2D eigenvalue weighted by Crippen LogP contribution is -2.32. The number of nitrogens with zero attached hydrogens (tertiary/aromatic N) is 2. The van der Waals surface area contributed by atoms with Gasteiger partial charge in [-0.1, -0.05) is 19.1 Å². The first-order valence-corrected chi connectivity index (χ1v) is 7.88. The van der Waals surface area contributed by atoms with Gasteiger partial charge >= 0.3 is 0 Å². The van der Waals surface area contributed by atoms with Gasteiger partial charge in [0.25, 0.3) is 5.69 Å². The standard InChI is InChI=1S/C16H25N3O2/c1-2-18-12-3-4-15(10-13-18)17-11-9-14-5-7-16(8-6-14)19(20)21/h5-8,15,17H,2-4,9-13H2,1H3. The lowest BCUT2D eigenvalue weighted by Gasteiger charge is -2.18. The van der Waals surface area contributed by atoms with Crippen LogP contribution in [-0.4, -0.2) is 42.0 Å². The van der Waals surface area contributed by atoms with Gasteiger partial charge in [0.1, 0.15) is 0 Å². The van der Waals surface area contributed by atoms with Crippen molar-refractivity contribution in [1.29, 1.82) is 0 Å². The Bertz CT molecular complexity index is 447. The summed E-state index contributed by atoms with van der Waals surface area (Å²) < 4.78 is 0. The molecule has 0 radical (unpaired) electrons. The van der Waals surface area contributed by atoms with Gasteiger partial charge in [-0.3, -0.25) is 10.1 Å². The summed E-state index contributed by atoms with van der Waals surface area (Å²) in [5.41, 5.74) is 1.31. The predicted octanol–water partition coefficient (Wildman–Crippen LogP) is 2.60. The lowest BCUT2D eigenvalue weighted by atomic mass is 10.1. The van der Waals surface area contributed by atoms with Crippen LogP contribution in [-0.2, 0) is 6.42 Å². The highest BCUT2D eigenvalue weighted by Crippen LogP contribution is 2.13. The highest BCUT2D eigenvalue weighted by atomic mass is 16.6. The van der Waals surface area contributed by atoms with Crippen molar-refractivity contribution in [3.63, 3.8) is 0 Å². The van der Waals surface area contributed by atoms with Gasteiger partial charge in [0, 0.05) is 18.2 Å². The molecule has 0 aliphatic carbocycles. The zero-order valence-corrected chi connectivity index (χ0v) is 12.8. The van der Waals surface area contributed by atoms with E-state index in [1.54, 1.807) is 12.1 Å². The van der Waals surface area contributed by atoms with E-state index in [-0.39, 0.29) is 10.6 Å². The molecule has 1 saturated heterocycles. The molecule has 116 valence electrons. The fourth-order valence-corrected chi connectivity index (χ4v) is 2.88. The first kappa shape index (κ1) is 15.9. The summed E-state index contributed by atoms with van der Waals surface area (Å²) in [5, 5.41) is 14.2. The second kappa shape index (κ2) is 8.10. The van der Waals surface area contributed by atoms with Crippen LogP contribution < -0.4 is 5.32 Å². The summed E-state index contributed by atoms with van der Waals surface area (Å²) in [7, 11) is 0. The van der Waals surface area contributed by atoms with Crippen LogP contribution in [0.15, 0.2) is 24.3 Å². The zero-order chi connectivity index (χ0) is 15.1. The normalized spacial score (nSPS) is 20.1. The molecular weight excluding hydrogens is 266 g/mol. The Morgan fingerprint density at radius 3 is 2.71 bits per heavy atom. The van der Waals surface area contributed by atoms with Crippen LogP contribution >= 0.6 is 0 Å². The molecule has 1 aliphatic heterocycles. The summed E-state index contributed by atoms with van der Waals surface area (Å²) >= 11 is 0. The van der Waals surface area contributed by atoms with Crippen molar-refractivity contribution in [2.45, 2.75) is 38.6 Å². The molecule has 1 atom stereocenters. The molecule has 1 fully saturated rings. The SMILES string of the molecule is CCN1CCCC(NCCc2ccc([N+](=O)[O-])cc2)CC1. The Morgan fingerprint density at radius 2 is 2.05 bits per heavy atom. The number of nitro benzene ring substituents is 1. The second-order valence-corrected chi connectivity index (χ2v) is 5.69. The quantitative estimate of drug-likeness (QED) is 0.646. The van der Waals surface area contributed by atoms with E-state index < -0.39 is 0 Å². The topological polar surface area (TPSA) is 58.4 Å². The molecule has 2 rings (SSSR count). The molecule has 0 amide bonds. The molecule has 1 N–H and O–H groups in total. The van der Waals surface area contributed by atoms with Gasteiger partial charge in [-0.05, 0) is 57.4 Å². The van der Waals surface area contributed by atoms with Crippen molar-refractivity contribution in [1.82, 2.24) is 10.2 Å². The first-order valence-electron chi connectivity index (χ1n) is 7.88. The van der Waals surface area contributed by atoms with Gasteiger partial charge in [0.2, 0.25) is 0 Å². The van der Waals surface area contributed by atoms with Crippen LogP contribution in [0.25, 0.3) is 0 Å². The maximum absolute atomic E-state index is 10.6. The summed E-state index contributed by atoms with van der Waals surface area (Å²) in [6.07, 6.45) is 4.65. The third kappa shape index (κ3) is 5.10.